The molecule has 0 aliphatic carbocycles. The van der Waals surface area contributed by atoms with Crippen LogP contribution in [-0.2, 0) is 4.79 Å². The summed E-state index contributed by atoms with van der Waals surface area (Å²) in [5.41, 5.74) is -0.526. The number of benzene rings is 1. The second kappa shape index (κ2) is 7.79. The molecule has 23 heavy (non-hydrogen) atoms. The van der Waals surface area contributed by atoms with Gasteiger partial charge >= 0.3 is 0 Å². The molecule has 3 nitrogen and oxygen atoms in total. The lowest BCUT2D eigenvalue weighted by Crippen LogP contribution is -2.26. The molecule has 1 N–H and O–H groups in total. The molecule has 0 bridgehead atoms. The predicted octanol–water partition coefficient (Wildman–Crippen LogP) is 4.63. The van der Waals surface area contributed by atoms with Crippen LogP contribution in [0.25, 0.3) is 0 Å². The van der Waals surface area contributed by atoms with Crippen molar-refractivity contribution < 1.29 is 18.4 Å². The average Bonchev–Trinajstić information content (AvgIpc) is 2.89. The zero-order valence-electron chi connectivity index (χ0n) is 12.2. The Kier molecular flexibility index (Phi) is 6.01. The maximum absolute atomic E-state index is 13.6. The molecule has 1 amide bonds. The van der Waals surface area contributed by atoms with E-state index in [1.807, 2.05) is 11.4 Å². The summed E-state index contributed by atoms with van der Waals surface area (Å²) in [5.74, 6) is -2.59. The van der Waals surface area contributed by atoms with Crippen molar-refractivity contribution in [3.05, 3.63) is 56.2 Å². The van der Waals surface area contributed by atoms with Crippen molar-refractivity contribution in [3.8, 4) is 0 Å². The van der Waals surface area contributed by atoms with Crippen molar-refractivity contribution in [1.82, 2.24) is 5.32 Å². The summed E-state index contributed by atoms with van der Waals surface area (Å²) in [6.45, 7) is 1.38. The average molecular weight is 402 g/mol. The number of amides is 1. The van der Waals surface area contributed by atoms with Crippen LogP contribution in [0.3, 0.4) is 0 Å². The molecule has 7 heteroatoms. The topological polar surface area (TPSA) is 46.2 Å². The van der Waals surface area contributed by atoms with Gasteiger partial charge in [-0.3, -0.25) is 9.59 Å². The van der Waals surface area contributed by atoms with Crippen LogP contribution in [0.1, 0.15) is 41.0 Å². The SMILES string of the molecule is CC(=O)NC(CCC(=O)c1c(F)cccc1F)c1cc(Br)cs1. The standard InChI is InChI=1S/C16H14BrF2NO2S/c1-9(21)20-13(15-7-10(17)8-23-15)5-6-14(22)16-11(18)3-2-4-12(16)19/h2-4,7-8,13H,5-6H2,1H3,(H,20,21). The van der Waals surface area contributed by atoms with Crippen molar-refractivity contribution in [2.24, 2.45) is 0 Å². The van der Waals surface area contributed by atoms with E-state index in [-0.39, 0.29) is 24.8 Å². The van der Waals surface area contributed by atoms with E-state index < -0.39 is 23.0 Å². The normalized spacial score (nSPS) is 12.0. The quantitative estimate of drug-likeness (QED) is 0.717. The third kappa shape index (κ3) is 4.68. The summed E-state index contributed by atoms with van der Waals surface area (Å²) in [5, 5.41) is 4.62. The fourth-order valence-electron chi connectivity index (χ4n) is 2.21. The van der Waals surface area contributed by atoms with Gasteiger partial charge in [0, 0.05) is 28.1 Å². The Bertz CT molecular complexity index is 712. The van der Waals surface area contributed by atoms with Crippen LogP contribution < -0.4 is 5.32 Å². The third-order valence-electron chi connectivity index (χ3n) is 3.21. The number of thiophene rings is 1. The Morgan fingerprint density at radius 2 is 1.96 bits per heavy atom. The van der Waals surface area contributed by atoms with Crippen molar-refractivity contribution in [2.45, 2.75) is 25.8 Å². The van der Waals surface area contributed by atoms with Gasteiger partial charge in [0.2, 0.25) is 5.91 Å². The molecule has 0 aliphatic heterocycles. The van der Waals surface area contributed by atoms with Crippen LogP contribution in [0.4, 0.5) is 8.78 Å². The first kappa shape index (κ1) is 17.7. The number of rotatable bonds is 6. The molecule has 2 aromatic rings. The molecule has 2 rings (SSSR count). The minimum Gasteiger partial charge on any atom is -0.349 e. The van der Waals surface area contributed by atoms with E-state index >= 15 is 0 Å². The molecule has 1 unspecified atom stereocenters. The van der Waals surface area contributed by atoms with Gasteiger partial charge in [0.25, 0.3) is 0 Å². The highest BCUT2D eigenvalue weighted by Crippen LogP contribution is 2.29. The number of carbonyl (C=O) groups is 2. The van der Waals surface area contributed by atoms with Crippen LogP contribution >= 0.6 is 27.3 Å². The fraction of sp³-hybridized carbons (Fsp3) is 0.250. The number of nitrogens with one attached hydrogen (secondary N) is 1. The van der Waals surface area contributed by atoms with Crippen molar-refractivity contribution in [3.63, 3.8) is 0 Å². The van der Waals surface area contributed by atoms with Crippen LogP contribution in [-0.4, -0.2) is 11.7 Å². The summed E-state index contributed by atoms with van der Waals surface area (Å²) in [6.07, 6.45) is 0.192. The Morgan fingerprint density at radius 3 is 2.48 bits per heavy atom. The van der Waals surface area contributed by atoms with Gasteiger partial charge < -0.3 is 5.32 Å². The molecule has 1 aromatic carbocycles. The molecule has 0 saturated carbocycles. The zero-order chi connectivity index (χ0) is 17.0. The highest BCUT2D eigenvalue weighted by molar-refractivity contribution is 9.10. The Morgan fingerprint density at radius 1 is 1.30 bits per heavy atom. The van der Waals surface area contributed by atoms with Gasteiger partial charge in [0.15, 0.2) is 5.78 Å². The summed E-state index contributed by atoms with van der Waals surface area (Å²) in [6, 6.07) is 4.79. The smallest absolute Gasteiger partial charge is 0.217 e. The molecular weight excluding hydrogens is 388 g/mol. The second-order valence-corrected chi connectivity index (χ2v) is 6.84. The van der Waals surface area contributed by atoms with E-state index in [9.17, 15) is 18.4 Å². The fourth-order valence-corrected chi connectivity index (χ4v) is 3.74. The predicted molar refractivity (Wildman–Crippen MR) is 88.5 cm³/mol. The largest absolute Gasteiger partial charge is 0.349 e. The van der Waals surface area contributed by atoms with E-state index in [2.05, 4.69) is 21.2 Å². The summed E-state index contributed by atoms with van der Waals surface area (Å²) >= 11 is 4.77. The van der Waals surface area contributed by atoms with Crippen molar-refractivity contribution >= 4 is 39.0 Å². The molecule has 122 valence electrons. The molecule has 0 aliphatic rings. The number of Topliss-reactive ketones (excluding diaryl/α,β-unsaturated/α-hetero) is 1. The zero-order valence-corrected chi connectivity index (χ0v) is 14.6. The molecule has 1 aromatic heterocycles. The molecule has 0 spiro atoms. The maximum Gasteiger partial charge on any atom is 0.217 e. The molecular formula is C16H14BrF2NO2S. The minimum atomic E-state index is -0.870. The van der Waals surface area contributed by atoms with Gasteiger partial charge in [-0.2, -0.15) is 0 Å². The third-order valence-corrected chi connectivity index (χ3v) is 5.02. The van der Waals surface area contributed by atoms with Gasteiger partial charge in [0.05, 0.1) is 11.6 Å². The first-order valence-corrected chi connectivity index (χ1v) is 8.54. The van der Waals surface area contributed by atoms with Crippen LogP contribution in [0.2, 0.25) is 0 Å². The molecule has 0 radical (unpaired) electrons. The Hall–Kier alpha value is -1.60. The van der Waals surface area contributed by atoms with Crippen LogP contribution in [0.15, 0.2) is 34.1 Å². The second-order valence-electron chi connectivity index (χ2n) is 4.98. The highest BCUT2D eigenvalue weighted by Gasteiger charge is 2.21. The van der Waals surface area contributed by atoms with Crippen molar-refractivity contribution in [1.29, 1.82) is 0 Å². The summed E-state index contributed by atoms with van der Waals surface area (Å²) < 4.78 is 28.1. The van der Waals surface area contributed by atoms with Gasteiger partial charge in [-0.25, -0.2) is 8.78 Å². The lowest BCUT2D eigenvalue weighted by molar-refractivity contribution is -0.119. The van der Waals surface area contributed by atoms with E-state index in [1.165, 1.54) is 24.3 Å². The molecule has 0 saturated heterocycles. The highest BCUT2D eigenvalue weighted by atomic mass is 79.9. The summed E-state index contributed by atoms with van der Waals surface area (Å²) in [7, 11) is 0. The first-order valence-electron chi connectivity index (χ1n) is 6.86. The van der Waals surface area contributed by atoms with E-state index in [0.717, 1.165) is 21.5 Å². The number of hydrogen-bond acceptors (Lipinski definition) is 3. The number of carbonyl (C=O) groups excluding carboxylic acids is 2. The van der Waals surface area contributed by atoms with E-state index in [0.29, 0.717) is 0 Å². The van der Waals surface area contributed by atoms with Crippen molar-refractivity contribution in [2.75, 3.05) is 0 Å². The van der Waals surface area contributed by atoms with Gasteiger partial charge in [-0.1, -0.05) is 6.07 Å². The molecule has 1 atom stereocenters. The molecule has 0 fully saturated rings. The van der Waals surface area contributed by atoms with Gasteiger partial charge in [0.1, 0.15) is 11.6 Å². The lowest BCUT2D eigenvalue weighted by atomic mass is 10.0. The maximum atomic E-state index is 13.6. The van der Waals surface area contributed by atoms with Crippen LogP contribution in [0.5, 0.6) is 0 Å². The Balaban J connectivity index is 2.12. The Labute approximate surface area is 144 Å². The summed E-state index contributed by atoms with van der Waals surface area (Å²) in [4.78, 5) is 24.3. The lowest BCUT2D eigenvalue weighted by Gasteiger charge is -2.16. The van der Waals surface area contributed by atoms with Crippen LogP contribution in [0, 0.1) is 11.6 Å². The first-order chi connectivity index (χ1) is 10.9. The van der Waals surface area contributed by atoms with Gasteiger partial charge in [-0.15, -0.1) is 11.3 Å². The minimum absolute atomic E-state index is 0.0711. The monoisotopic (exact) mass is 401 g/mol. The molecule has 1 heterocycles. The number of hydrogen-bond donors (Lipinski definition) is 1. The van der Waals surface area contributed by atoms with E-state index in [4.69, 9.17) is 0 Å². The van der Waals surface area contributed by atoms with E-state index in [1.54, 1.807) is 0 Å². The number of halogens is 3. The number of ketones is 1. The van der Waals surface area contributed by atoms with Gasteiger partial charge in [-0.05, 0) is 40.5 Å².